The number of carboxylic acids is 1. The molecule has 0 radical (unpaired) electrons. The average molecular weight is 302 g/mol. The predicted octanol–water partition coefficient (Wildman–Crippen LogP) is 1.95. The van der Waals surface area contributed by atoms with Crippen LogP contribution in [0.25, 0.3) is 0 Å². The number of carbonyl (C=O) groups excluding carboxylic acids is 1. The Balaban J connectivity index is 2.12. The lowest BCUT2D eigenvalue weighted by atomic mass is 10.0. The number of rotatable bonds is 5. The summed E-state index contributed by atoms with van der Waals surface area (Å²) in [4.78, 5) is 27.3. The molecule has 114 valence electrons. The number of aryl methyl sites for hydroxylation is 1. The molecule has 6 heteroatoms. The number of amides is 1. The fourth-order valence-electron chi connectivity index (χ4n) is 1.93. The summed E-state index contributed by atoms with van der Waals surface area (Å²) in [5.41, 5.74) is 1.24. The van der Waals surface area contributed by atoms with Gasteiger partial charge in [-0.25, -0.2) is 9.18 Å². The maximum Gasteiger partial charge on any atom is 0.326 e. The Bertz CT molecular complexity index is 686. The number of pyridine rings is 1. The van der Waals surface area contributed by atoms with Crippen molar-refractivity contribution in [3.05, 3.63) is 65.2 Å². The highest BCUT2D eigenvalue weighted by Gasteiger charge is 2.22. The molecule has 0 bridgehead atoms. The van der Waals surface area contributed by atoms with Gasteiger partial charge in [0.1, 0.15) is 11.9 Å². The van der Waals surface area contributed by atoms with Crippen molar-refractivity contribution in [2.24, 2.45) is 0 Å². The molecule has 0 spiro atoms. The average Bonchev–Trinajstić information content (AvgIpc) is 2.49. The molecule has 0 saturated carbocycles. The van der Waals surface area contributed by atoms with Gasteiger partial charge < -0.3 is 10.4 Å². The zero-order valence-corrected chi connectivity index (χ0v) is 11.9. The highest BCUT2D eigenvalue weighted by atomic mass is 19.1. The van der Waals surface area contributed by atoms with Gasteiger partial charge >= 0.3 is 5.97 Å². The van der Waals surface area contributed by atoms with Gasteiger partial charge in [0, 0.05) is 18.3 Å². The molecule has 1 amide bonds. The molecule has 5 nitrogen and oxygen atoms in total. The van der Waals surface area contributed by atoms with Crippen molar-refractivity contribution in [2.45, 2.75) is 19.4 Å². The number of hydrogen-bond donors (Lipinski definition) is 2. The van der Waals surface area contributed by atoms with Crippen molar-refractivity contribution in [1.29, 1.82) is 0 Å². The maximum absolute atomic E-state index is 13.6. The second-order valence-electron chi connectivity index (χ2n) is 4.85. The van der Waals surface area contributed by atoms with Gasteiger partial charge in [-0.15, -0.1) is 0 Å². The van der Waals surface area contributed by atoms with Crippen LogP contribution in [0.1, 0.15) is 21.6 Å². The van der Waals surface area contributed by atoms with Gasteiger partial charge in [0.15, 0.2) is 0 Å². The summed E-state index contributed by atoms with van der Waals surface area (Å²) in [6.45, 7) is 1.78. The van der Waals surface area contributed by atoms with E-state index in [1.165, 1.54) is 24.4 Å². The molecular weight excluding hydrogens is 287 g/mol. The first kappa shape index (κ1) is 15.6. The van der Waals surface area contributed by atoms with Crippen molar-refractivity contribution >= 4 is 11.9 Å². The molecular formula is C16H15FN2O3. The normalized spacial score (nSPS) is 11.7. The minimum absolute atomic E-state index is 0.132. The number of aliphatic carboxylic acids is 1. The Morgan fingerprint density at radius 3 is 2.59 bits per heavy atom. The summed E-state index contributed by atoms with van der Waals surface area (Å²) in [7, 11) is 0. The summed E-state index contributed by atoms with van der Waals surface area (Å²) in [6, 6.07) is 7.87. The van der Waals surface area contributed by atoms with Gasteiger partial charge in [-0.2, -0.15) is 0 Å². The van der Waals surface area contributed by atoms with E-state index < -0.39 is 23.7 Å². The zero-order valence-electron chi connectivity index (χ0n) is 11.9. The van der Waals surface area contributed by atoms with Gasteiger partial charge in [0.2, 0.25) is 0 Å². The van der Waals surface area contributed by atoms with Crippen LogP contribution < -0.4 is 5.32 Å². The number of benzene rings is 1. The maximum atomic E-state index is 13.6. The van der Waals surface area contributed by atoms with Gasteiger partial charge in [0.25, 0.3) is 5.91 Å². The standard InChI is InChI=1S/C16H15FN2O3/c1-10-6-7-12(9-18-10)15(20)19-14(16(21)22)8-11-4-2-3-5-13(11)17/h2-7,9,14H,8H2,1H3,(H,19,20)(H,21,22). The Morgan fingerprint density at radius 2 is 2.00 bits per heavy atom. The SMILES string of the molecule is Cc1ccc(C(=O)NC(Cc2ccccc2F)C(=O)O)cn1. The van der Waals surface area contributed by atoms with E-state index in [-0.39, 0.29) is 17.5 Å². The summed E-state index contributed by atoms with van der Waals surface area (Å²) in [5, 5.41) is 11.6. The van der Waals surface area contributed by atoms with Crippen LogP contribution >= 0.6 is 0 Å². The largest absolute Gasteiger partial charge is 0.480 e. The van der Waals surface area contributed by atoms with E-state index in [0.717, 1.165) is 5.69 Å². The third-order valence-electron chi connectivity index (χ3n) is 3.16. The van der Waals surface area contributed by atoms with E-state index in [0.29, 0.717) is 0 Å². The first-order chi connectivity index (χ1) is 10.5. The number of hydrogen-bond acceptors (Lipinski definition) is 3. The van der Waals surface area contributed by atoms with Crippen LogP contribution in [0.5, 0.6) is 0 Å². The van der Waals surface area contributed by atoms with E-state index in [2.05, 4.69) is 10.3 Å². The highest BCUT2D eigenvalue weighted by Crippen LogP contribution is 2.10. The highest BCUT2D eigenvalue weighted by molar-refractivity contribution is 5.96. The lowest BCUT2D eigenvalue weighted by Crippen LogP contribution is -2.42. The molecule has 22 heavy (non-hydrogen) atoms. The van der Waals surface area contributed by atoms with Gasteiger partial charge in [-0.05, 0) is 30.7 Å². The minimum atomic E-state index is -1.23. The Hall–Kier alpha value is -2.76. The molecule has 0 aliphatic heterocycles. The number of nitrogens with one attached hydrogen (secondary N) is 1. The smallest absolute Gasteiger partial charge is 0.326 e. The van der Waals surface area contributed by atoms with Crippen molar-refractivity contribution in [3.8, 4) is 0 Å². The molecule has 1 atom stereocenters. The van der Waals surface area contributed by atoms with Crippen LogP contribution in [-0.4, -0.2) is 28.0 Å². The number of carbonyl (C=O) groups is 2. The molecule has 1 aromatic carbocycles. The van der Waals surface area contributed by atoms with Crippen molar-refractivity contribution in [3.63, 3.8) is 0 Å². The molecule has 0 fully saturated rings. The number of halogens is 1. The van der Waals surface area contributed by atoms with Crippen molar-refractivity contribution < 1.29 is 19.1 Å². The first-order valence-electron chi connectivity index (χ1n) is 6.67. The molecule has 1 heterocycles. The van der Waals surface area contributed by atoms with E-state index in [1.54, 1.807) is 25.1 Å². The van der Waals surface area contributed by atoms with E-state index in [9.17, 15) is 19.1 Å². The van der Waals surface area contributed by atoms with Crippen LogP contribution in [0.15, 0.2) is 42.6 Å². The molecule has 2 rings (SSSR count). The molecule has 1 aromatic heterocycles. The third kappa shape index (κ3) is 3.88. The monoisotopic (exact) mass is 302 g/mol. The molecule has 0 saturated heterocycles. The van der Waals surface area contributed by atoms with Crippen LogP contribution in [0.4, 0.5) is 4.39 Å². The van der Waals surface area contributed by atoms with Crippen LogP contribution in [-0.2, 0) is 11.2 Å². The summed E-state index contributed by atoms with van der Waals surface area (Å²) >= 11 is 0. The van der Waals surface area contributed by atoms with E-state index in [4.69, 9.17) is 0 Å². The number of carboxylic acid groups (broad SMARTS) is 1. The van der Waals surface area contributed by atoms with Gasteiger partial charge in [0.05, 0.1) is 5.56 Å². The van der Waals surface area contributed by atoms with Crippen molar-refractivity contribution in [2.75, 3.05) is 0 Å². The fourth-order valence-corrected chi connectivity index (χ4v) is 1.93. The van der Waals surface area contributed by atoms with Crippen LogP contribution in [0.2, 0.25) is 0 Å². The minimum Gasteiger partial charge on any atom is -0.480 e. The summed E-state index contributed by atoms with van der Waals surface area (Å²) < 4.78 is 13.6. The second kappa shape index (κ2) is 6.80. The third-order valence-corrected chi connectivity index (χ3v) is 3.16. The van der Waals surface area contributed by atoms with E-state index in [1.807, 2.05) is 0 Å². The molecule has 1 unspecified atom stereocenters. The second-order valence-corrected chi connectivity index (χ2v) is 4.85. The first-order valence-corrected chi connectivity index (χ1v) is 6.67. The molecule has 0 aliphatic rings. The summed E-state index contributed by atoms with van der Waals surface area (Å²) in [6.07, 6.45) is 1.24. The number of nitrogens with zero attached hydrogens (tertiary/aromatic N) is 1. The predicted molar refractivity (Wildman–Crippen MR) is 78.0 cm³/mol. The Labute approximate surface area is 126 Å². The molecule has 0 aliphatic carbocycles. The van der Waals surface area contributed by atoms with Gasteiger partial charge in [-0.3, -0.25) is 9.78 Å². The number of aromatic nitrogens is 1. The van der Waals surface area contributed by atoms with Crippen LogP contribution in [0, 0.1) is 12.7 Å². The lowest BCUT2D eigenvalue weighted by Gasteiger charge is -2.15. The quantitative estimate of drug-likeness (QED) is 0.885. The Kier molecular flexibility index (Phi) is 4.83. The van der Waals surface area contributed by atoms with Crippen LogP contribution in [0.3, 0.4) is 0 Å². The van der Waals surface area contributed by atoms with Crippen molar-refractivity contribution in [1.82, 2.24) is 10.3 Å². The molecule has 2 N–H and O–H groups in total. The van der Waals surface area contributed by atoms with Gasteiger partial charge in [-0.1, -0.05) is 18.2 Å². The van der Waals surface area contributed by atoms with E-state index >= 15 is 0 Å². The fraction of sp³-hybridized carbons (Fsp3) is 0.188. The molecule has 2 aromatic rings. The Morgan fingerprint density at radius 1 is 1.27 bits per heavy atom. The lowest BCUT2D eigenvalue weighted by molar-refractivity contribution is -0.139. The summed E-state index contributed by atoms with van der Waals surface area (Å²) in [5.74, 6) is -2.28. The topological polar surface area (TPSA) is 79.3 Å². The zero-order chi connectivity index (χ0) is 16.1.